The number of hydrogen-bond acceptors (Lipinski definition) is 3. The minimum atomic E-state index is -1.37. The van der Waals surface area contributed by atoms with Crippen molar-refractivity contribution in [1.82, 2.24) is 0 Å². The average Bonchev–Trinajstić information content (AvgIpc) is 2.48. The topological polar surface area (TPSA) is 46.5 Å². The molecule has 0 aliphatic heterocycles. The lowest BCUT2D eigenvalue weighted by atomic mass is 10.1. The van der Waals surface area contributed by atoms with Gasteiger partial charge < -0.3 is 9.84 Å². The van der Waals surface area contributed by atoms with Gasteiger partial charge in [-0.1, -0.05) is 48.5 Å². The summed E-state index contributed by atoms with van der Waals surface area (Å²) >= 11 is 0. The molecule has 0 amide bonds. The van der Waals surface area contributed by atoms with Gasteiger partial charge in [-0.2, -0.15) is 0 Å². The van der Waals surface area contributed by atoms with Crippen LogP contribution in [0.2, 0.25) is 0 Å². The van der Waals surface area contributed by atoms with Crippen LogP contribution in [0.3, 0.4) is 0 Å². The first kappa shape index (κ1) is 14.2. The highest BCUT2D eigenvalue weighted by Crippen LogP contribution is 2.10. The summed E-state index contributed by atoms with van der Waals surface area (Å²) in [5.74, 6) is -1.19. The van der Waals surface area contributed by atoms with Gasteiger partial charge in [0.15, 0.2) is 6.10 Å². The van der Waals surface area contributed by atoms with E-state index in [0.717, 1.165) is 5.56 Å². The lowest BCUT2D eigenvalue weighted by molar-refractivity contribution is -0.154. The second-order valence-corrected chi connectivity index (χ2v) is 4.40. The maximum absolute atomic E-state index is 13.4. The zero-order chi connectivity index (χ0) is 14.4. The van der Waals surface area contributed by atoms with E-state index in [-0.39, 0.29) is 18.6 Å². The van der Waals surface area contributed by atoms with Crippen molar-refractivity contribution < 1.29 is 19.0 Å². The number of carbonyl (C=O) groups is 1. The lowest BCUT2D eigenvalue weighted by Gasteiger charge is -2.11. The number of halogens is 1. The van der Waals surface area contributed by atoms with E-state index >= 15 is 0 Å². The van der Waals surface area contributed by atoms with Gasteiger partial charge in [-0.25, -0.2) is 9.18 Å². The van der Waals surface area contributed by atoms with Crippen LogP contribution in [-0.4, -0.2) is 17.2 Å². The fraction of sp³-hybridized carbons (Fsp3) is 0.188. The van der Waals surface area contributed by atoms with E-state index in [2.05, 4.69) is 0 Å². The molecule has 0 spiro atoms. The molecule has 0 aliphatic carbocycles. The molecule has 1 unspecified atom stereocenters. The molecule has 1 N–H and O–H groups in total. The molecule has 1 atom stereocenters. The standard InChI is InChI=1S/C16H15FO3/c17-14-9-5-4-8-13(14)10-15(18)16(19)20-11-12-6-2-1-3-7-12/h1-9,15,18H,10-11H2. The van der Waals surface area contributed by atoms with Crippen molar-refractivity contribution >= 4 is 5.97 Å². The maximum atomic E-state index is 13.4. The second kappa shape index (κ2) is 6.82. The SMILES string of the molecule is O=C(OCc1ccccc1)C(O)Cc1ccccc1F. The highest BCUT2D eigenvalue weighted by molar-refractivity contribution is 5.74. The number of benzene rings is 2. The van der Waals surface area contributed by atoms with Crippen molar-refractivity contribution in [3.05, 3.63) is 71.5 Å². The fourth-order valence-corrected chi connectivity index (χ4v) is 1.78. The Bertz CT molecular complexity index is 569. The van der Waals surface area contributed by atoms with Gasteiger partial charge >= 0.3 is 5.97 Å². The molecule has 3 nitrogen and oxygen atoms in total. The summed E-state index contributed by atoms with van der Waals surface area (Å²) in [4.78, 5) is 11.6. The van der Waals surface area contributed by atoms with E-state index in [1.807, 2.05) is 30.3 Å². The Labute approximate surface area is 116 Å². The molecular formula is C16H15FO3. The third-order valence-corrected chi connectivity index (χ3v) is 2.87. The Hall–Kier alpha value is -2.20. The molecule has 20 heavy (non-hydrogen) atoms. The minimum Gasteiger partial charge on any atom is -0.459 e. The van der Waals surface area contributed by atoms with E-state index in [4.69, 9.17) is 4.74 Å². The van der Waals surface area contributed by atoms with Gasteiger partial charge in [0.25, 0.3) is 0 Å². The summed E-state index contributed by atoms with van der Waals surface area (Å²) < 4.78 is 18.4. The molecule has 2 aromatic carbocycles. The normalized spacial score (nSPS) is 11.9. The predicted molar refractivity (Wildman–Crippen MR) is 72.3 cm³/mol. The third-order valence-electron chi connectivity index (χ3n) is 2.87. The van der Waals surface area contributed by atoms with Crippen LogP contribution in [0.5, 0.6) is 0 Å². The van der Waals surface area contributed by atoms with Crippen molar-refractivity contribution in [3.63, 3.8) is 0 Å². The van der Waals surface area contributed by atoms with Crippen LogP contribution in [0.1, 0.15) is 11.1 Å². The largest absolute Gasteiger partial charge is 0.459 e. The highest BCUT2D eigenvalue weighted by atomic mass is 19.1. The quantitative estimate of drug-likeness (QED) is 0.852. The van der Waals surface area contributed by atoms with Crippen LogP contribution in [0.15, 0.2) is 54.6 Å². The average molecular weight is 274 g/mol. The summed E-state index contributed by atoms with van der Waals surface area (Å²) in [6.45, 7) is 0.0913. The number of carbonyl (C=O) groups excluding carboxylic acids is 1. The number of aliphatic hydroxyl groups is 1. The smallest absolute Gasteiger partial charge is 0.335 e. The molecular weight excluding hydrogens is 259 g/mol. The zero-order valence-electron chi connectivity index (χ0n) is 10.8. The maximum Gasteiger partial charge on any atom is 0.335 e. The molecule has 0 aliphatic rings. The van der Waals surface area contributed by atoms with Gasteiger partial charge in [0.1, 0.15) is 12.4 Å². The van der Waals surface area contributed by atoms with Gasteiger partial charge in [-0.05, 0) is 17.2 Å². The van der Waals surface area contributed by atoms with Crippen LogP contribution in [0, 0.1) is 5.82 Å². The molecule has 0 saturated carbocycles. The molecule has 0 heterocycles. The zero-order valence-corrected chi connectivity index (χ0v) is 10.8. The first-order chi connectivity index (χ1) is 9.66. The van der Waals surface area contributed by atoms with Gasteiger partial charge in [0, 0.05) is 6.42 Å². The van der Waals surface area contributed by atoms with E-state index < -0.39 is 17.9 Å². The van der Waals surface area contributed by atoms with Crippen molar-refractivity contribution in [2.45, 2.75) is 19.1 Å². The Morgan fingerprint density at radius 1 is 1.10 bits per heavy atom. The second-order valence-electron chi connectivity index (χ2n) is 4.40. The van der Waals surface area contributed by atoms with Crippen LogP contribution in [0.4, 0.5) is 4.39 Å². The van der Waals surface area contributed by atoms with Crippen molar-refractivity contribution in [2.24, 2.45) is 0 Å². The molecule has 104 valence electrons. The van der Waals surface area contributed by atoms with Gasteiger partial charge in [0.2, 0.25) is 0 Å². The Morgan fingerprint density at radius 3 is 2.45 bits per heavy atom. The molecule has 0 fully saturated rings. The Morgan fingerprint density at radius 2 is 1.75 bits per heavy atom. The third kappa shape index (κ3) is 3.90. The first-order valence-corrected chi connectivity index (χ1v) is 6.29. The van der Waals surface area contributed by atoms with Gasteiger partial charge in [0.05, 0.1) is 0 Å². The summed E-state index contributed by atoms with van der Waals surface area (Å²) in [7, 11) is 0. The number of rotatable bonds is 5. The van der Waals surface area contributed by atoms with Crippen LogP contribution in [0.25, 0.3) is 0 Å². The van der Waals surface area contributed by atoms with Crippen LogP contribution in [-0.2, 0) is 22.6 Å². The van der Waals surface area contributed by atoms with Crippen molar-refractivity contribution in [1.29, 1.82) is 0 Å². The van der Waals surface area contributed by atoms with E-state index in [1.165, 1.54) is 12.1 Å². The molecule has 0 aromatic heterocycles. The summed E-state index contributed by atoms with van der Waals surface area (Å²) in [5.41, 5.74) is 1.12. The van der Waals surface area contributed by atoms with Gasteiger partial charge in [-0.3, -0.25) is 0 Å². The number of ether oxygens (including phenoxy) is 1. The monoisotopic (exact) mass is 274 g/mol. The highest BCUT2D eigenvalue weighted by Gasteiger charge is 2.18. The lowest BCUT2D eigenvalue weighted by Crippen LogP contribution is -2.25. The van der Waals surface area contributed by atoms with Crippen molar-refractivity contribution in [3.8, 4) is 0 Å². The molecule has 2 rings (SSSR count). The van der Waals surface area contributed by atoms with E-state index in [9.17, 15) is 14.3 Å². The molecule has 2 aromatic rings. The van der Waals surface area contributed by atoms with E-state index in [0.29, 0.717) is 0 Å². The predicted octanol–water partition coefficient (Wildman–Crippen LogP) is 2.47. The van der Waals surface area contributed by atoms with Crippen LogP contribution < -0.4 is 0 Å². The van der Waals surface area contributed by atoms with Crippen molar-refractivity contribution in [2.75, 3.05) is 0 Å². The summed E-state index contributed by atoms with van der Waals surface area (Å²) in [6, 6.07) is 15.2. The van der Waals surface area contributed by atoms with Crippen LogP contribution >= 0.6 is 0 Å². The molecule has 4 heteroatoms. The number of esters is 1. The fourth-order valence-electron chi connectivity index (χ4n) is 1.78. The number of aliphatic hydroxyl groups excluding tert-OH is 1. The summed E-state index contributed by atoms with van der Waals surface area (Å²) in [6.07, 6.45) is -1.46. The molecule has 0 radical (unpaired) electrons. The molecule has 0 bridgehead atoms. The Balaban J connectivity index is 1.88. The molecule has 0 saturated heterocycles. The number of hydrogen-bond donors (Lipinski definition) is 1. The minimum absolute atomic E-state index is 0.0913. The first-order valence-electron chi connectivity index (χ1n) is 6.29. The van der Waals surface area contributed by atoms with Gasteiger partial charge in [-0.15, -0.1) is 0 Å². The van der Waals surface area contributed by atoms with E-state index in [1.54, 1.807) is 12.1 Å². The Kier molecular flexibility index (Phi) is 4.85. The summed E-state index contributed by atoms with van der Waals surface area (Å²) in [5, 5.41) is 9.73.